The molecule has 4 nitrogen and oxygen atoms in total. The molecular formula is C17H20FNO3S. The van der Waals surface area contributed by atoms with Crippen molar-refractivity contribution in [1.82, 2.24) is 5.32 Å². The van der Waals surface area contributed by atoms with Crippen LogP contribution in [0.3, 0.4) is 0 Å². The Morgan fingerprint density at radius 1 is 1.13 bits per heavy atom. The van der Waals surface area contributed by atoms with E-state index in [1.54, 1.807) is 6.07 Å². The number of carboxylic acid groups (broad SMARTS) is 1. The zero-order chi connectivity index (χ0) is 16.4. The molecule has 2 aliphatic rings. The molecule has 1 fully saturated rings. The van der Waals surface area contributed by atoms with Crippen molar-refractivity contribution in [2.24, 2.45) is 11.8 Å². The van der Waals surface area contributed by atoms with Crippen LogP contribution in [-0.4, -0.2) is 22.7 Å². The normalized spacial score (nSPS) is 27.1. The lowest BCUT2D eigenvalue weighted by atomic mass is 9.81. The molecule has 1 aromatic rings. The smallest absolute Gasteiger partial charge is 0.306 e. The predicted octanol–water partition coefficient (Wildman–Crippen LogP) is 3.37. The van der Waals surface area contributed by atoms with Gasteiger partial charge < -0.3 is 10.4 Å². The van der Waals surface area contributed by atoms with Gasteiger partial charge >= 0.3 is 5.97 Å². The third kappa shape index (κ3) is 3.52. The van der Waals surface area contributed by atoms with Gasteiger partial charge in [-0.05, 0) is 43.7 Å². The van der Waals surface area contributed by atoms with E-state index in [9.17, 15) is 14.0 Å². The second-order valence-electron chi connectivity index (χ2n) is 6.24. The number of aliphatic carboxylic acids is 1. The molecule has 1 aliphatic carbocycles. The highest BCUT2D eigenvalue weighted by Crippen LogP contribution is 2.38. The maximum atomic E-state index is 13.9. The Morgan fingerprint density at radius 3 is 2.52 bits per heavy atom. The molecule has 2 N–H and O–H groups in total. The summed E-state index contributed by atoms with van der Waals surface area (Å²) in [6.07, 6.45) is 3.12. The van der Waals surface area contributed by atoms with E-state index < -0.39 is 5.97 Å². The zero-order valence-corrected chi connectivity index (χ0v) is 13.6. The summed E-state index contributed by atoms with van der Waals surface area (Å²) in [6.45, 7) is 0. The van der Waals surface area contributed by atoms with Crippen molar-refractivity contribution in [3.8, 4) is 0 Å². The first-order chi connectivity index (χ1) is 11.1. The number of amides is 1. The van der Waals surface area contributed by atoms with Crippen LogP contribution in [0.2, 0.25) is 0 Å². The first-order valence-electron chi connectivity index (χ1n) is 8.00. The average Bonchev–Trinajstić information content (AvgIpc) is 2.56. The molecule has 1 heterocycles. The van der Waals surface area contributed by atoms with E-state index in [0.717, 1.165) is 17.7 Å². The minimum Gasteiger partial charge on any atom is -0.481 e. The minimum atomic E-state index is -0.766. The molecule has 23 heavy (non-hydrogen) atoms. The van der Waals surface area contributed by atoms with Gasteiger partial charge in [-0.25, -0.2) is 4.39 Å². The van der Waals surface area contributed by atoms with E-state index in [2.05, 4.69) is 5.32 Å². The van der Waals surface area contributed by atoms with Gasteiger partial charge in [0.2, 0.25) is 5.91 Å². The van der Waals surface area contributed by atoms with Crippen LogP contribution >= 0.6 is 11.8 Å². The monoisotopic (exact) mass is 337 g/mol. The van der Waals surface area contributed by atoms with Crippen LogP contribution in [0.1, 0.15) is 43.7 Å². The van der Waals surface area contributed by atoms with Crippen LogP contribution in [0, 0.1) is 17.7 Å². The summed E-state index contributed by atoms with van der Waals surface area (Å²) >= 11 is 1.49. The molecule has 124 valence electrons. The fourth-order valence-electron chi connectivity index (χ4n) is 3.43. The predicted molar refractivity (Wildman–Crippen MR) is 85.7 cm³/mol. The Labute approximate surface area is 138 Å². The molecule has 1 aliphatic heterocycles. The highest BCUT2D eigenvalue weighted by molar-refractivity contribution is 7.99. The SMILES string of the molecule is O=C(O)C1CCC(C(=O)NC2CCSc3c(F)cccc32)CC1. The number of carbonyl (C=O) groups excluding carboxylic acids is 1. The van der Waals surface area contributed by atoms with Crippen molar-refractivity contribution < 1.29 is 19.1 Å². The van der Waals surface area contributed by atoms with Crippen molar-refractivity contribution in [3.05, 3.63) is 29.6 Å². The third-order valence-electron chi connectivity index (χ3n) is 4.79. The van der Waals surface area contributed by atoms with Crippen LogP contribution in [-0.2, 0) is 9.59 Å². The quantitative estimate of drug-likeness (QED) is 0.887. The Hall–Kier alpha value is -1.56. The summed E-state index contributed by atoms with van der Waals surface area (Å²) in [7, 11) is 0. The standard InChI is InChI=1S/C17H20FNO3S/c18-13-3-1-2-12-14(8-9-23-15(12)13)19-16(20)10-4-6-11(7-5-10)17(21)22/h1-3,10-11,14H,4-9H2,(H,19,20)(H,21,22). The lowest BCUT2D eigenvalue weighted by molar-refractivity contribution is -0.144. The molecule has 0 spiro atoms. The maximum absolute atomic E-state index is 13.9. The molecule has 1 atom stereocenters. The second kappa shape index (κ2) is 6.91. The Balaban J connectivity index is 1.64. The van der Waals surface area contributed by atoms with Crippen molar-refractivity contribution in [2.45, 2.75) is 43.0 Å². The number of hydrogen-bond acceptors (Lipinski definition) is 3. The maximum Gasteiger partial charge on any atom is 0.306 e. The number of halogens is 1. The number of benzene rings is 1. The number of carboxylic acids is 1. The van der Waals surface area contributed by atoms with E-state index >= 15 is 0 Å². The zero-order valence-electron chi connectivity index (χ0n) is 12.8. The van der Waals surface area contributed by atoms with Crippen molar-refractivity contribution in [1.29, 1.82) is 0 Å². The number of nitrogens with one attached hydrogen (secondary N) is 1. The summed E-state index contributed by atoms with van der Waals surface area (Å²) in [6, 6.07) is 4.85. The van der Waals surface area contributed by atoms with Crippen molar-refractivity contribution in [2.75, 3.05) is 5.75 Å². The highest BCUT2D eigenvalue weighted by Gasteiger charge is 2.32. The molecule has 6 heteroatoms. The topological polar surface area (TPSA) is 66.4 Å². The molecule has 1 saturated carbocycles. The molecule has 0 saturated heterocycles. The van der Waals surface area contributed by atoms with Crippen LogP contribution < -0.4 is 5.32 Å². The number of fused-ring (bicyclic) bond motifs is 1. The van der Waals surface area contributed by atoms with Crippen LogP contribution in [0.5, 0.6) is 0 Å². The summed E-state index contributed by atoms with van der Waals surface area (Å²) in [5.41, 5.74) is 0.855. The number of carbonyl (C=O) groups is 2. The summed E-state index contributed by atoms with van der Waals surface area (Å²) in [5, 5.41) is 12.1. The Morgan fingerprint density at radius 2 is 1.83 bits per heavy atom. The lowest BCUT2D eigenvalue weighted by Gasteiger charge is -2.30. The largest absolute Gasteiger partial charge is 0.481 e. The van der Waals surface area contributed by atoms with Gasteiger partial charge in [0.15, 0.2) is 0 Å². The third-order valence-corrected chi connectivity index (χ3v) is 5.95. The second-order valence-corrected chi connectivity index (χ2v) is 7.35. The van der Waals surface area contributed by atoms with E-state index in [4.69, 9.17) is 5.11 Å². The van der Waals surface area contributed by atoms with Gasteiger partial charge in [-0.15, -0.1) is 11.8 Å². The first-order valence-corrected chi connectivity index (χ1v) is 8.99. The molecule has 0 bridgehead atoms. The summed E-state index contributed by atoms with van der Waals surface area (Å²) in [5.74, 6) is -0.686. The van der Waals surface area contributed by atoms with Gasteiger partial charge in [-0.2, -0.15) is 0 Å². The van der Waals surface area contributed by atoms with Gasteiger partial charge in [-0.1, -0.05) is 12.1 Å². The summed E-state index contributed by atoms with van der Waals surface area (Å²) in [4.78, 5) is 24.1. The fourth-order valence-corrected chi connectivity index (χ4v) is 4.57. The summed E-state index contributed by atoms with van der Waals surface area (Å²) < 4.78 is 13.9. The molecule has 1 aromatic carbocycles. The van der Waals surface area contributed by atoms with Gasteiger partial charge in [-0.3, -0.25) is 9.59 Å². The first kappa shape index (κ1) is 16.3. The van der Waals surface area contributed by atoms with E-state index in [-0.39, 0.29) is 29.6 Å². The van der Waals surface area contributed by atoms with Crippen LogP contribution in [0.25, 0.3) is 0 Å². The number of rotatable bonds is 3. The molecular weight excluding hydrogens is 317 g/mol. The average molecular weight is 337 g/mol. The van der Waals surface area contributed by atoms with Gasteiger partial charge in [0.1, 0.15) is 5.82 Å². The number of hydrogen-bond donors (Lipinski definition) is 2. The molecule has 1 unspecified atom stereocenters. The van der Waals surface area contributed by atoms with Gasteiger partial charge in [0, 0.05) is 16.6 Å². The van der Waals surface area contributed by atoms with Crippen LogP contribution in [0.15, 0.2) is 23.1 Å². The van der Waals surface area contributed by atoms with E-state index in [1.807, 2.05) is 6.07 Å². The van der Waals surface area contributed by atoms with Crippen LogP contribution in [0.4, 0.5) is 4.39 Å². The van der Waals surface area contributed by atoms with E-state index in [1.165, 1.54) is 17.8 Å². The Bertz CT molecular complexity index is 614. The van der Waals surface area contributed by atoms with Gasteiger partial charge in [0.05, 0.1) is 12.0 Å². The van der Waals surface area contributed by atoms with E-state index in [0.29, 0.717) is 30.6 Å². The van der Waals surface area contributed by atoms with Crippen molar-refractivity contribution >= 4 is 23.6 Å². The Kier molecular flexibility index (Phi) is 4.90. The fraction of sp³-hybridized carbons (Fsp3) is 0.529. The molecule has 3 rings (SSSR count). The highest BCUT2D eigenvalue weighted by atomic mass is 32.2. The van der Waals surface area contributed by atoms with Gasteiger partial charge in [0.25, 0.3) is 0 Å². The molecule has 0 radical (unpaired) electrons. The minimum absolute atomic E-state index is 0.0269. The van der Waals surface area contributed by atoms with Crippen molar-refractivity contribution in [3.63, 3.8) is 0 Å². The molecule has 1 amide bonds. The number of thioether (sulfide) groups is 1. The molecule has 0 aromatic heterocycles. The lowest BCUT2D eigenvalue weighted by Crippen LogP contribution is -2.37.